The quantitative estimate of drug-likeness (QED) is 0.856. The molecule has 0 radical (unpaired) electrons. The molecule has 6 nitrogen and oxygen atoms in total. The molecule has 1 aromatic carbocycles. The van der Waals surface area contributed by atoms with E-state index >= 15 is 0 Å². The zero-order valence-electron chi connectivity index (χ0n) is 16.0. The molecule has 3 heterocycles. The summed E-state index contributed by atoms with van der Waals surface area (Å²) in [4.78, 5) is 17.2. The van der Waals surface area contributed by atoms with E-state index in [1.807, 2.05) is 30.1 Å². The maximum atomic E-state index is 13.2. The van der Waals surface area contributed by atoms with Crippen molar-refractivity contribution in [3.05, 3.63) is 35.9 Å². The van der Waals surface area contributed by atoms with Gasteiger partial charge in [-0.25, -0.2) is 0 Å². The van der Waals surface area contributed by atoms with Crippen molar-refractivity contribution in [3.63, 3.8) is 0 Å². The number of hydrogen-bond donors (Lipinski definition) is 1. The minimum Gasteiger partial charge on any atom is -0.389 e. The number of benzene rings is 1. The fourth-order valence-electron chi connectivity index (χ4n) is 5.02. The van der Waals surface area contributed by atoms with Crippen molar-refractivity contribution in [2.75, 3.05) is 46.6 Å². The van der Waals surface area contributed by atoms with E-state index in [9.17, 15) is 9.90 Å². The lowest BCUT2D eigenvalue weighted by Crippen LogP contribution is -2.69. The molecule has 6 heteroatoms. The first-order chi connectivity index (χ1) is 13.1. The van der Waals surface area contributed by atoms with Gasteiger partial charge >= 0.3 is 0 Å². The Morgan fingerprint density at radius 2 is 2.04 bits per heavy atom. The molecule has 1 N–H and O–H groups in total. The van der Waals surface area contributed by atoms with Crippen LogP contribution in [0.4, 0.5) is 0 Å². The van der Waals surface area contributed by atoms with Crippen molar-refractivity contribution >= 4 is 5.91 Å². The first kappa shape index (κ1) is 18.9. The summed E-state index contributed by atoms with van der Waals surface area (Å²) >= 11 is 0. The van der Waals surface area contributed by atoms with Crippen LogP contribution >= 0.6 is 0 Å². The fourth-order valence-corrected chi connectivity index (χ4v) is 5.02. The predicted octanol–water partition coefficient (Wildman–Crippen LogP) is 1.13. The summed E-state index contributed by atoms with van der Waals surface area (Å²) in [7, 11) is 1.98. The molecule has 0 spiro atoms. The summed E-state index contributed by atoms with van der Waals surface area (Å²) in [5.41, 5.74) is 0.432. The Hall–Kier alpha value is -1.47. The molecule has 1 amide bonds. The third kappa shape index (κ3) is 3.76. The number of carbonyl (C=O) groups is 1. The molecule has 148 valence electrons. The van der Waals surface area contributed by atoms with Crippen LogP contribution in [0, 0.1) is 11.8 Å². The molecular formula is C21H30N2O4. The second-order valence-electron chi connectivity index (χ2n) is 8.25. The Bertz CT molecular complexity index is 655. The molecule has 1 aromatic rings. The van der Waals surface area contributed by atoms with Crippen molar-refractivity contribution in [1.29, 1.82) is 0 Å². The summed E-state index contributed by atoms with van der Waals surface area (Å²) < 4.78 is 11.3. The van der Waals surface area contributed by atoms with Crippen molar-refractivity contribution in [2.24, 2.45) is 11.8 Å². The zero-order chi connectivity index (χ0) is 18.9. The van der Waals surface area contributed by atoms with Crippen LogP contribution in [0.3, 0.4) is 0 Å². The molecular weight excluding hydrogens is 344 g/mol. The number of ether oxygens (including phenoxy) is 2. The number of likely N-dealkylation sites (tertiary alicyclic amines) is 1. The van der Waals surface area contributed by atoms with E-state index in [0.29, 0.717) is 45.9 Å². The second-order valence-corrected chi connectivity index (χ2v) is 8.25. The molecule has 4 atom stereocenters. The van der Waals surface area contributed by atoms with Gasteiger partial charge in [-0.05, 0) is 19.0 Å². The molecule has 0 aromatic heterocycles. The number of piperidine rings is 1. The highest BCUT2D eigenvalue weighted by molar-refractivity contribution is 5.79. The van der Waals surface area contributed by atoms with Gasteiger partial charge in [0.1, 0.15) is 0 Å². The average molecular weight is 374 g/mol. The summed E-state index contributed by atoms with van der Waals surface area (Å²) in [6.07, 6.45) is 1.44. The lowest BCUT2D eigenvalue weighted by atomic mass is 9.66. The first-order valence-electron chi connectivity index (χ1n) is 9.98. The number of amides is 1. The van der Waals surface area contributed by atoms with Crippen molar-refractivity contribution in [3.8, 4) is 0 Å². The van der Waals surface area contributed by atoms with Crippen LogP contribution in [0.1, 0.15) is 18.4 Å². The maximum Gasteiger partial charge on any atom is 0.237 e. The van der Waals surface area contributed by atoms with Crippen LogP contribution in [0.15, 0.2) is 30.3 Å². The van der Waals surface area contributed by atoms with Crippen LogP contribution in [0.5, 0.6) is 0 Å². The van der Waals surface area contributed by atoms with Gasteiger partial charge in [-0.1, -0.05) is 30.3 Å². The minimum atomic E-state index is -0.768. The first-order valence-corrected chi connectivity index (χ1v) is 9.98. The van der Waals surface area contributed by atoms with E-state index in [2.05, 4.69) is 17.0 Å². The van der Waals surface area contributed by atoms with Gasteiger partial charge in [-0.2, -0.15) is 0 Å². The van der Waals surface area contributed by atoms with E-state index in [0.717, 1.165) is 13.0 Å². The molecule has 3 aliphatic heterocycles. The Morgan fingerprint density at radius 3 is 2.85 bits per heavy atom. The van der Waals surface area contributed by atoms with Crippen molar-refractivity contribution in [1.82, 2.24) is 9.80 Å². The molecule has 3 aliphatic rings. The van der Waals surface area contributed by atoms with E-state index in [1.54, 1.807) is 0 Å². The molecule has 27 heavy (non-hydrogen) atoms. The average Bonchev–Trinajstić information content (AvgIpc) is 2.68. The Labute approximate surface area is 161 Å². The van der Waals surface area contributed by atoms with E-state index < -0.39 is 5.60 Å². The minimum absolute atomic E-state index is 0.0164. The summed E-state index contributed by atoms with van der Waals surface area (Å²) in [6.45, 7) is 3.99. The maximum absolute atomic E-state index is 13.2. The van der Waals surface area contributed by atoms with E-state index in [1.165, 1.54) is 5.56 Å². The Morgan fingerprint density at radius 1 is 1.26 bits per heavy atom. The van der Waals surface area contributed by atoms with Gasteiger partial charge in [-0.15, -0.1) is 0 Å². The molecule has 0 aliphatic carbocycles. The van der Waals surface area contributed by atoms with Gasteiger partial charge in [0.2, 0.25) is 5.91 Å². The highest BCUT2D eigenvalue weighted by Crippen LogP contribution is 2.44. The molecule has 0 saturated carbocycles. The topological polar surface area (TPSA) is 62.2 Å². The fraction of sp³-hybridized carbons (Fsp3) is 0.667. The van der Waals surface area contributed by atoms with Gasteiger partial charge in [0.15, 0.2) is 0 Å². The summed E-state index contributed by atoms with van der Waals surface area (Å²) in [5, 5.41) is 11.4. The second kappa shape index (κ2) is 7.87. The number of carbonyl (C=O) groups excluding carboxylic acids is 1. The summed E-state index contributed by atoms with van der Waals surface area (Å²) in [6, 6.07) is 10.3. The van der Waals surface area contributed by atoms with Crippen LogP contribution in [0.25, 0.3) is 0 Å². The van der Waals surface area contributed by atoms with Gasteiger partial charge in [0.25, 0.3) is 0 Å². The SMILES string of the molecule is CN(CC(=O)N1C[C@@H]2COCC[C@]2(O)[C@H]2COCC[C@H]21)Cc1ccccc1. The molecule has 3 fully saturated rings. The monoisotopic (exact) mass is 374 g/mol. The number of aliphatic hydroxyl groups is 1. The van der Waals surface area contributed by atoms with Crippen molar-refractivity contribution < 1.29 is 19.4 Å². The lowest BCUT2D eigenvalue weighted by Gasteiger charge is -2.57. The smallest absolute Gasteiger partial charge is 0.237 e. The van der Waals surface area contributed by atoms with Crippen molar-refractivity contribution in [2.45, 2.75) is 31.0 Å². The Kier molecular flexibility index (Phi) is 5.50. The molecule has 3 saturated heterocycles. The lowest BCUT2D eigenvalue weighted by molar-refractivity contribution is -0.219. The number of rotatable bonds is 4. The van der Waals surface area contributed by atoms with Gasteiger partial charge in [0.05, 0.1) is 25.4 Å². The highest BCUT2D eigenvalue weighted by Gasteiger charge is 2.56. The molecule has 4 rings (SSSR count). The van der Waals surface area contributed by atoms with Crippen LogP contribution < -0.4 is 0 Å². The highest BCUT2D eigenvalue weighted by atomic mass is 16.5. The number of hydrogen-bond acceptors (Lipinski definition) is 5. The van der Waals surface area contributed by atoms with Crippen LogP contribution in [-0.4, -0.2) is 79.0 Å². The van der Waals surface area contributed by atoms with Gasteiger partial charge in [0, 0.05) is 50.6 Å². The number of likely N-dealkylation sites (N-methyl/N-ethyl adjacent to an activating group) is 1. The molecule has 0 unspecified atom stereocenters. The van der Waals surface area contributed by atoms with Gasteiger partial charge in [-0.3, -0.25) is 9.69 Å². The van der Waals surface area contributed by atoms with Crippen LogP contribution in [0.2, 0.25) is 0 Å². The summed E-state index contributed by atoms with van der Waals surface area (Å²) in [5.74, 6) is 0.0906. The van der Waals surface area contributed by atoms with Crippen LogP contribution in [-0.2, 0) is 20.8 Å². The van der Waals surface area contributed by atoms with E-state index in [4.69, 9.17) is 9.47 Å². The standard InChI is InChI=1S/C21H30N2O4/c1-22(11-16-5-3-2-4-6-16)13-20(24)23-12-17-14-27-10-8-21(17,25)18-15-26-9-7-19(18)23/h2-6,17-19,25H,7-15H2,1H3/t17-,18+,19-,21-/m1/s1. The normalized spacial score (nSPS) is 33.4. The number of fused-ring (bicyclic) bond motifs is 3. The predicted molar refractivity (Wildman–Crippen MR) is 101 cm³/mol. The zero-order valence-corrected chi connectivity index (χ0v) is 16.0. The third-order valence-corrected chi connectivity index (χ3v) is 6.47. The van der Waals surface area contributed by atoms with E-state index in [-0.39, 0.29) is 23.8 Å². The Balaban J connectivity index is 1.46. The third-order valence-electron chi connectivity index (χ3n) is 6.47. The largest absolute Gasteiger partial charge is 0.389 e. The molecule has 0 bridgehead atoms. The van der Waals surface area contributed by atoms with Gasteiger partial charge < -0.3 is 19.5 Å². The number of nitrogens with zero attached hydrogens (tertiary/aromatic N) is 2.